The van der Waals surface area contributed by atoms with Crippen LogP contribution < -0.4 is 10.6 Å². The number of rotatable bonds is 2. The molecule has 1 atom stereocenters. The topological polar surface area (TPSA) is 56.4 Å². The lowest BCUT2D eigenvalue weighted by molar-refractivity contribution is 0.133. The van der Waals surface area contributed by atoms with E-state index in [1.807, 2.05) is 12.1 Å². The highest BCUT2D eigenvalue weighted by molar-refractivity contribution is 6.33. The molecular formula is C15H21ClN4. The molecule has 3 N–H and O–H groups in total. The lowest BCUT2D eigenvalue weighted by Crippen LogP contribution is -2.55. The minimum absolute atomic E-state index is 0.0653. The van der Waals surface area contributed by atoms with E-state index in [4.69, 9.17) is 22.7 Å². The minimum atomic E-state index is 0.0653. The van der Waals surface area contributed by atoms with Crippen LogP contribution in [-0.4, -0.2) is 43.0 Å². The number of halogens is 1. The predicted molar refractivity (Wildman–Crippen MR) is 83.9 cm³/mol. The molecule has 2 heterocycles. The van der Waals surface area contributed by atoms with E-state index < -0.39 is 0 Å². The number of benzene rings is 1. The number of hydrogen-bond donors (Lipinski definition) is 2. The maximum atomic E-state index is 7.47. The molecule has 0 spiro atoms. The summed E-state index contributed by atoms with van der Waals surface area (Å²) in [5.74, 6) is 0.0653. The molecule has 5 heteroatoms. The van der Waals surface area contributed by atoms with Crippen molar-refractivity contribution in [3.63, 3.8) is 0 Å². The summed E-state index contributed by atoms with van der Waals surface area (Å²) in [6.07, 6.45) is 3.97. The Morgan fingerprint density at radius 2 is 2.10 bits per heavy atom. The molecule has 0 saturated carbocycles. The molecule has 4 nitrogen and oxygen atoms in total. The van der Waals surface area contributed by atoms with Crippen molar-refractivity contribution in [2.75, 3.05) is 31.1 Å². The number of amidine groups is 1. The first-order valence-corrected chi connectivity index (χ1v) is 7.66. The quantitative estimate of drug-likeness (QED) is 0.649. The summed E-state index contributed by atoms with van der Waals surface area (Å²) < 4.78 is 0. The first kappa shape index (κ1) is 13.7. The van der Waals surface area contributed by atoms with Gasteiger partial charge in [-0.15, -0.1) is 0 Å². The van der Waals surface area contributed by atoms with Crippen LogP contribution in [0.2, 0.25) is 5.02 Å². The standard InChI is InChI=1S/C15H21ClN4/c16-13-9-11(15(17)18)4-5-14(13)20-8-7-19-6-2-1-3-12(19)10-20/h4-5,9,12H,1-3,6-8,10H2,(H3,17,18). The summed E-state index contributed by atoms with van der Waals surface area (Å²) in [5.41, 5.74) is 7.26. The van der Waals surface area contributed by atoms with Crippen molar-refractivity contribution < 1.29 is 0 Å². The third kappa shape index (κ3) is 2.63. The Labute approximate surface area is 125 Å². The zero-order valence-electron chi connectivity index (χ0n) is 11.6. The molecule has 20 heavy (non-hydrogen) atoms. The van der Waals surface area contributed by atoms with E-state index >= 15 is 0 Å². The molecule has 2 aliphatic heterocycles. The number of piperazine rings is 1. The fraction of sp³-hybridized carbons (Fsp3) is 0.533. The molecule has 2 fully saturated rings. The van der Waals surface area contributed by atoms with E-state index in [2.05, 4.69) is 9.80 Å². The molecule has 2 aliphatic rings. The summed E-state index contributed by atoms with van der Waals surface area (Å²) in [4.78, 5) is 4.98. The second kappa shape index (κ2) is 5.62. The van der Waals surface area contributed by atoms with Crippen LogP contribution in [-0.2, 0) is 0 Å². The molecule has 0 aliphatic carbocycles. The number of fused-ring (bicyclic) bond motifs is 1. The van der Waals surface area contributed by atoms with Gasteiger partial charge in [-0.1, -0.05) is 18.0 Å². The Morgan fingerprint density at radius 3 is 2.85 bits per heavy atom. The van der Waals surface area contributed by atoms with E-state index in [9.17, 15) is 0 Å². The van der Waals surface area contributed by atoms with Crippen LogP contribution >= 0.6 is 11.6 Å². The van der Waals surface area contributed by atoms with Gasteiger partial charge in [0.1, 0.15) is 5.84 Å². The van der Waals surface area contributed by atoms with E-state index in [-0.39, 0.29) is 5.84 Å². The van der Waals surface area contributed by atoms with Crippen LogP contribution in [0.25, 0.3) is 0 Å². The van der Waals surface area contributed by atoms with Crippen LogP contribution in [0.15, 0.2) is 18.2 Å². The van der Waals surface area contributed by atoms with Gasteiger partial charge in [0.25, 0.3) is 0 Å². The monoisotopic (exact) mass is 292 g/mol. The summed E-state index contributed by atoms with van der Waals surface area (Å²) in [6, 6.07) is 6.35. The number of nitrogens with one attached hydrogen (secondary N) is 1. The number of nitrogen functional groups attached to an aromatic ring is 1. The molecule has 108 valence electrons. The molecule has 0 radical (unpaired) electrons. The smallest absolute Gasteiger partial charge is 0.122 e. The first-order valence-electron chi connectivity index (χ1n) is 7.28. The lowest BCUT2D eigenvalue weighted by Gasteiger charge is -2.45. The number of nitrogens with zero attached hydrogens (tertiary/aromatic N) is 2. The summed E-state index contributed by atoms with van der Waals surface area (Å²) in [5, 5.41) is 8.16. The molecule has 0 aromatic heterocycles. The third-order valence-corrected chi connectivity index (χ3v) is 4.74. The van der Waals surface area contributed by atoms with E-state index in [1.54, 1.807) is 6.07 Å². The van der Waals surface area contributed by atoms with Crippen molar-refractivity contribution in [3.05, 3.63) is 28.8 Å². The largest absolute Gasteiger partial charge is 0.384 e. The van der Waals surface area contributed by atoms with E-state index in [0.29, 0.717) is 16.6 Å². The maximum Gasteiger partial charge on any atom is 0.122 e. The number of hydrogen-bond acceptors (Lipinski definition) is 3. The second-order valence-corrected chi connectivity index (χ2v) is 6.12. The highest BCUT2D eigenvalue weighted by Crippen LogP contribution is 2.30. The Morgan fingerprint density at radius 1 is 1.25 bits per heavy atom. The molecule has 2 saturated heterocycles. The van der Waals surface area contributed by atoms with Gasteiger partial charge < -0.3 is 10.6 Å². The van der Waals surface area contributed by atoms with Crippen LogP contribution in [0.1, 0.15) is 24.8 Å². The van der Waals surface area contributed by atoms with Crippen LogP contribution in [0, 0.1) is 5.41 Å². The number of piperidine rings is 1. The maximum absolute atomic E-state index is 7.47. The van der Waals surface area contributed by atoms with E-state index in [0.717, 1.165) is 25.3 Å². The molecule has 3 rings (SSSR count). The van der Waals surface area contributed by atoms with Crippen molar-refractivity contribution in [1.82, 2.24) is 4.90 Å². The average molecular weight is 293 g/mol. The normalized spacial score (nSPS) is 23.4. The second-order valence-electron chi connectivity index (χ2n) is 5.71. The molecule has 0 bridgehead atoms. The molecular weight excluding hydrogens is 272 g/mol. The lowest BCUT2D eigenvalue weighted by atomic mass is 9.99. The van der Waals surface area contributed by atoms with Gasteiger partial charge in [0.05, 0.1) is 10.7 Å². The first-order chi connectivity index (χ1) is 9.65. The van der Waals surface area contributed by atoms with Crippen molar-refractivity contribution in [2.45, 2.75) is 25.3 Å². The predicted octanol–water partition coefficient (Wildman–Crippen LogP) is 2.30. The van der Waals surface area contributed by atoms with Crippen molar-refractivity contribution in [1.29, 1.82) is 5.41 Å². The fourth-order valence-corrected chi connectivity index (χ4v) is 3.61. The van der Waals surface area contributed by atoms with Gasteiger partial charge in [-0.3, -0.25) is 10.3 Å². The SMILES string of the molecule is N=C(N)c1ccc(N2CCN3CCCCC3C2)c(Cl)c1. The Kier molecular flexibility index (Phi) is 3.85. The Balaban J connectivity index is 1.78. The van der Waals surface area contributed by atoms with Gasteiger partial charge in [0, 0.05) is 31.2 Å². The highest BCUT2D eigenvalue weighted by atomic mass is 35.5. The number of anilines is 1. The summed E-state index contributed by atoms with van der Waals surface area (Å²) >= 11 is 6.37. The molecule has 1 unspecified atom stereocenters. The third-order valence-electron chi connectivity index (χ3n) is 4.44. The summed E-state index contributed by atoms with van der Waals surface area (Å²) in [7, 11) is 0. The van der Waals surface area contributed by atoms with Crippen LogP contribution in [0.3, 0.4) is 0 Å². The van der Waals surface area contributed by atoms with Crippen molar-refractivity contribution in [2.24, 2.45) is 5.73 Å². The van der Waals surface area contributed by atoms with Crippen LogP contribution in [0.5, 0.6) is 0 Å². The molecule has 1 aromatic rings. The van der Waals surface area contributed by atoms with Gasteiger partial charge in [-0.2, -0.15) is 0 Å². The van der Waals surface area contributed by atoms with Gasteiger partial charge >= 0.3 is 0 Å². The molecule has 1 aromatic carbocycles. The van der Waals surface area contributed by atoms with Crippen LogP contribution in [0.4, 0.5) is 5.69 Å². The van der Waals surface area contributed by atoms with Gasteiger partial charge in [0.15, 0.2) is 0 Å². The van der Waals surface area contributed by atoms with Gasteiger partial charge in [-0.25, -0.2) is 0 Å². The minimum Gasteiger partial charge on any atom is -0.384 e. The number of nitrogens with two attached hydrogens (primary N) is 1. The van der Waals surface area contributed by atoms with Gasteiger partial charge in [0.2, 0.25) is 0 Å². The van der Waals surface area contributed by atoms with E-state index in [1.165, 1.54) is 25.8 Å². The fourth-order valence-electron chi connectivity index (χ4n) is 3.31. The zero-order chi connectivity index (χ0) is 14.1. The molecule has 0 amide bonds. The average Bonchev–Trinajstić information content (AvgIpc) is 2.46. The van der Waals surface area contributed by atoms with Crippen molar-refractivity contribution in [3.8, 4) is 0 Å². The van der Waals surface area contributed by atoms with Gasteiger partial charge in [-0.05, 0) is 37.6 Å². The Hall–Kier alpha value is -1.26. The Bertz CT molecular complexity index is 517. The highest BCUT2D eigenvalue weighted by Gasteiger charge is 2.29. The van der Waals surface area contributed by atoms with Crippen molar-refractivity contribution >= 4 is 23.1 Å². The summed E-state index contributed by atoms with van der Waals surface area (Å²) in [6.45, 7) is 4.44. The zero-order valence-corrected chi connectivity index (χ0v) is 12.4.